The molecule has 0 aromatic carbocycles. The first-order chi connectivity index (χ1) is 5.85. The number of aldehydes is 1. The van der Waals surface area contributed by atoms with Gasteiger partial charge in [-0.15, -0.1) is 0 Å². The fourth-order valence-corrected chi connectivity index (χ4v) is 0.956. The number of ether oxygens (including phenoxy) is 1. The van der Waals surface area contributed by atoms with E-state index < -0.39 is 0 Å². The lowest BCUT2D eigenvalue weighted by Crippen LogP contribution is -2.09. The maximum Gasteiger partial charge on any atom is 0.120 e. The van der Waals surface area contributed by atoms with Crippen LogP contribution >= 0.6 is 0 Å². The van der Waals surface area contributed by atoms with Crippen LogP contribution in [0.25, 0.3) is 0 Å². The third-order valence-electron chi connectivity index (χ3n) is 1.55. The molecule has 1 unspecified atom stereocenters. The van der Waals surface area contributed by atoms with Crippen LogP contribution < -0.4 is 0 Å². The highest BCUT2D eigenvalue weighted by atomic mass is 16.5. The minimum Gasteiger partial charge on any atom is -0.381 e. The molecule has 0 saturated carbocycles. The maximum atomic E-state index is 9.97. The molecule has 0 saturated heterocycles. The number of carbonyl (C=O) groups is 1. The van der Waals surface area contributed by atoms with Gasteiger partial charge in [0.15, 0.2) is 0 Å². The highest BCUT2D eigenvalue weighted by molar-refractivity contribution is 5.49. The van der Waals surface area contributed by atoms with Gasteiger partial charge in [-0.1, -0.05) is 27.2 Å². The summed E-state index contributed by atoms with van der Waals surface area (Å²) in [5.41, 5.74) is 0. The van der Waals surface area contributed by atoms with Crippen molar-refractivity contribution in [3.63, 3.8) is 0 Å². The van der Waals surface area contributed by atoms with E-state index in [-0.39, 0.29) is 6.10 Å². The fourth-order valence-electron chi connectivity index (χ4n) is 0.956. The van der Waals surface area contributed by atoms with E-state index in [1.807, 2.05) is 13.8 Å². The Balaban J connectivity index is 0. The standard InChI is InChI=1S/C8H16O2.C2H6/c1-3-5-8(10-2)6-4-7-9;1-2/h7-8H,3-6H2,1-2H3;1-2H3. The molecular weight excluding hydrogens is 152 g/mol. The Morgan fingerprint density at radius 2 is 1.92 bits per heavy atom. The van der Waals surface area contributed by atoms with E-state index in [1.165, 1.54) is 0 Å². The third kappa shape index (κ3) is 9.63. The summed E-state index contributed by atoms with van der Waals surface area (Å²) < 4.78 is 5.13. The molecular formula is C10H22O2. The Kier molecular flexibility index (Phi) is 15.6. The molecule has 0 aromatic heterocycles. The predicted octanol–water partition coefficient (Wildman–Crippen LogP) is 2.81. The van der Waals surface area contributed by atoms with Gasteiger partial charge in [0.05, 0.1) is 6.10 Å². The van der Waals surface area contributed by atoms with Crippen LogP contribution in [0.15, 0.2) is 0 Å². The zero-order valence-electron chi connectivity index (χ0n) is 8.80. The van der Waals surface area contributed by atoms with Crippen molar-refractivity contribution in [3.8, 4) is 0 Å². The van der Waals surface area contributed by atoms with Crippen LogP contribution in [0.3, 0.4) is 0 Å². The summed E-state index contributed by atoms with van der Waals surface area (Å²) in [6, 6.07) is 0. The predicted molar refractivity (Wildman–Crippen MR) is 52.4 cm³/mol. The van der Waals surface area contributed by atoms with Crippen LogP contribution in [-0.4, -0.2) is 19.5 Å². The molecule has 74 valence electrons. The summed E-state index contributed by atoms with van der Waals surface area (Å²) >= 11 is 0. The molecule has 2 nitrogen and oxygen atoms in total. The average Bonchev–Trinajstić information content (AvgIpc) is 2.15. The van der Waals surface area contributed by atoms with E-state index >= 15 is 0 Å². The summed E-state index contributed by atoms with van der Waals surface area (Å²) in [7, 11) is 1.70. The second-order valence-corrected chi connectivity index (χ2v) is 2.39. The quantitative estimate of drug-likeness (QED) is 0.579. The first-order valence-corrected chi connectivity index (χ1v) is 4.81. The normalized spacial score (nSPS) is 11.3. The van der Waals surface area contributed by atoms with Gasteiger partial charge in [-0.25, -0.2) is 0 Å². The number of hydrogen-bond acceptors (Lipinski definition) is 2. The van der Waals surface area contributed by atoms with Crippen molar-refractivity contribution >= 4 is 6.29 Å². The first kappa shape index (κ1) is 14.2. The second-order valence-electron chi connectivity index (χ2n) is 2.39. The van der Waals surface area contributed by atoms with E-state index in [0.717, 1.165) is 25.5 Å². The maximum absolute atomic E-state index is 9.97. The van der Waals surface area contributed by atoms with Crippen molar-refractivity contribution in [1.82, 2.24) is 0 Å². The minimum absolute atomic E-state index is 0.287. The Bertz CT molecular complexity index is 81.9. The van der Waals surface area contributed by atoms with Crippen LogP contribution in [0, 0.1) is 0 Å². The minimum atomic E-state index is 0.287. The Morgan fingerprint density at radius 3 is 2.25 bits per heavy atom. The molecule has 0 aliphatic rings. The number of hydrogen-bond donors (Lipinski definition) is 0. The molecule has 0 radical (unpaired) electrons. The van der Waals surface area contributed by atoms with Crippen molar-refractivity contribution in [2.75, 3.05) is 7.11 Å². The lowest BCUT2D eigenvalue weighted by atomic mass is 10.1. The smallest absolute Gasteiger partial charge is 0.120 e. The molecule has 0 aromatic rings. The van der Waals surface area contributed by atoms with Gasteiger partial charge in [0.25, 0.3) is 0 Å². The van der Waals surface area contributed by atoms with Crippen LogP contribution in [-0.2, 0) is 9.53 Å². The molecule has 0 bridgehead atoms. The van der Waals surface area contributed by atoms with Gasteiger partial charge in [-0.3, -0.25) is 0 Å². The zero-order chi connectivity index (χ0) is 9.82. The van der Waals surface area contributed by atoms with Gasteiger partial charge in [0, 0.05) is 13.5 Å². The van der Waals surface area contributed by atoms with E-state index in [2.05, 4.69) is 6.92 Å². The van der Waals surface area contributed by atoms with Gasteiger partial charge in [0.1, 0.15) is 6.29 Å². The zero-order valence-corrected chi connectivity index (χ0v) is 8.80. The first-order valence-electron chi connectivity index (χ1n) is 4.81. The summed E-state index contributed by atoms with van der Waals surface area (Å²) in [4.78, 5) is 9.97. The van der Waals surface area contributed by atoms with Crippen molar-refractivity contribution in [2.24, 2.45) is 0 Å². The molecule has 0 N–H and O–H groups in total. The van der Waals surface area contributed by atoms with Crippen LogP contribution in [0.1, 0.15) is 46.5 Å². The largest absolute Gasteiger partial charge is 0.381 e. The van der Waals surface area contributed by atoms with Crippen molar-refractivity contribution < 1.29 is 9.53 Å². The summed E-state index contributed by atoms with van der Waals surface area (Å²) in [5.74, 6) is 0. The number of methoxy groups -OCH3 is 1. The summed E-state index contributed by atoms with van der Waals surface area (Å²) in [5, 5.41) is 0. The lowest BCUT2D eigenvalue weighted by Gasteiger charge is -2.11. The van der Waals surface area contributed by atoms with Crippen LogP contribution in [0.2, 0.25) is 0 Å². The van der Waals surface area contributed by atoms with Gasteiger partial charge in [-0.2, -0.15) is 0 Å². The van der Waals surface area contributed by atoms with Gasteiger partial charge < -0.3 is 9.53 Å². The molecule has 0 aliphatic carbocycles. The highest BCUT2D eigenvalue weighted by Gasteiger charge is 2.03. The van der Waals surface area contributed by atoms with E-state index in [4.69, 9.17) is 4.74 Å². The number of rotatable bonds is 6. The van der Waals surface area contributed by atoms with E-state index in [0.29, 0.717) is 6.42 Å². The van der Waals surface area contributed by atoms with Crippen molar-refractivity contribution in [2.45, 2.75) is 52.6 Å². The molecule has 0 amide bonds. The molecule has 0 spiro atoms. The summed E-state index contributed by atoms with van der Waals surface area (Å²) in [6.45, 7) is 6.12. The van der Waals surface area contributed by atoms with E-state index in [9.17, 15) is 4.79 Å². The lowest BCUT2D eigenvalue weighted by molar-refractivity contribution is -0.108. The summed E-state index contributed by atoms with van der Waals surface area (Å²) in [6.07, 6.45) is 4.91. The van der Waals surface area contributed by atoms with Crippen molar-refractivity contribution in [3.05, 3.63) is 0 Å². The Hall–Kier alpha value is -0.370. The topological polar surface area (TPSA) is 26.3 Å². The monoisotopic (exact) mass is 174 g/mol. The number of carbonyl (C=O) groups excluding carboxylic acids is 1. The van der Waals surface area contributed by atoms with Crippen LogP contribution in [0.5, 0.6) is 0 Å². The van der Waals surface area contributed by atoms with Gasteiger partial charge in [0.2, 0.25) is 0 Å². The van der Waals surface area contributed by atoms with Crippen LogP contribution in [0.4, 0.5) is 0 Å². The molecule has 1 atom stereocenters. The highest BCUT2D eigenvalue weighted by Crippen LogP contribution is 2.06. The molecule has 12 heavy (non-hydrogen) atoms. The second kappa shape index (κ2) is 13.2. The van der Waals surface area contributed by atoms with E-state index in [1.54, 1.807) is 7.11 Å². The molecule has 0 heterocycles. The fraction of sp³-hybridized carbons (Fsp3) is 0.900. The molecule has 2 heteroatoms. The Labute approximate surface area is 76.3 Å². The third-order valence-corrected chi connectivity index (χ3v) is 1.55. The Morgan fingerprint density at radius 1 is 1.33 bits per heavy atom. The van der Waals surface area contributed by atoms with Gasteiger partial charge in [-0.05, 0) is 12.8 Å². The average molecular weight is 174 g/mol. The molecule has 0 aliphatic heterocycles. The van der Waals surface area contributed by atoms with Crippen molar-refractivity contribution in [1.29, 1.82) is 0 Å². The molecule has 0 rings (SSSR count). The molecule has 0 fully saturated rings. The SMILES string of the molecule is CC.CCCC(CCC=O)OC. The van der Waals surface area contributed by atoms with Gasteiger partial charge >= 0.3 is 0 Å².